The Bertz CT molecular complexity index is 1310. The first-order valence-electron chi connectivity index (χ1n) is 11.1. The number of para-hydroxylation sites is 1. The summed E-state index contributed by atoms with van der Waals surface area (Å²) in [6, 6.07) is 17.7. The zero-order chi connectivity index (χ0) is 26.8. The van der Waals surface area contributed by atoms with E-state index in [1.807, 2.05) is 19.1 Å². The summed E-state index contributed by atoms with van der Waals surface area (Å²) in [6.45, 7) is 1.48. The van der Waals surface area contributed by atoms with Gasteiger partial charge in [0.1, 0.15) is 5.75 Å². The Morgan fingerprint density at radius 1 is 0.919 bits per heavy atom. The number of carbonyl (C=O) groups is 3. The smallest absolute Gasteiger partial charge is 0.416 e. The van der Waals surface area contributed by atoms with Gasteiger partial charge in [-0.05, 0) is 53.9 Å². The van der Waals surface area contributed by atoms with Crippen molar-refractivity contribution in [1.82, 2.24) is 5.43 Å². The lowest BCUT2D eigenvalue weighted by Gasteiger charge is -2.10. The quantitative estimate of drug-likeness (QED) is 0.237. The average Bonchev–Trinajstić information content (AvgIpc) is 2.87. The summed E-state index contributed by atoms with van der Waals surface area (Å²) in [5, 5.41) is 8.64. The molecule has 0 aliphatic heterocycles. The Hall–Kier alpha value is -4.67. The molecule has 3 N–H and O–H groups in total. The maximum atomic E-state index is 12.8. The van der Waals surface area contributed by atoms with Crippen LogP contribution in [0.2, 0.25) is 0 Å². The van der Waals surface area contributed by atoms with Crippen LogP contribution in [0.3, 0.4) is 0 Å². The fraction of sp³-hybridized carbons (Fsp3) is 0.154. The third-order valence-corrected chi connectivity index (χ3v) is 4.93. The fourth-order valence-corrected chi connectivity index (χ4v) is 3.15. The molecule has 0 unspecified atom stereocenters. The minimum Gasteiger partial charge on any atom is -0.484 e. The molecule has 11 heteroatoms. The normalized spacial score (nSPS) is 11.1. The highest BCUT2D eigenvalue weighted by molar-refractivity contribution is 6.39. The molecular formula is C26H23F3N4O4. The number of rotatable bonds is 8. The first-order valence-corrected chi connectivity index (χ1v) is 11.1. The van der Waals surface area contributed by atoms with Crippen LogP contribution >= 0.6 is 0 Å². The summed E-state index contributed by atoms with van der Waals surface area (Å²) in [6.07, 6.45) is -2.56. The number of hydrogen-bond donors (Lipinski definition) is 3. The molecule has 0 spiro atoms. The third kappa shape index (κ3) is 8.20. The molecule has 0 fully saturated rings. The maximum Gasteiger partial charge on any atom is 0.416 e. The van der Waals surface area contributed by atoms with Crippen molar-refractivity contribution < 1.29 is 32.3 Å². The lowest BCUT2D eigenvalue weighted by atomic mass is 10.1. The lowest BCUT2D eigenvalue weighted by molar-refractivity contribution is -0.137. The molecule has 0 heterocycles. The van der Waals surface area contributed by atoms with E-state index in [1.165, 1.54) is 24.4 Å². The van der Waals surface area contributed by atoms with Crippen molar-refractivity contribution in [2.45, 2.75) is 19.5 Å². The Kier molecular flexibility index (Phi) is 8.98. The van der Waals surface area contributed by atoms with Crippen molar-refractivity contribution in [2.24, 2.45) is 5.10 Å². The van der Waals surface area contributed by atoms with Crippen molar-refractivity contribution in [3.63, 3.8) is 0 Å². The Morgan fingerprint density at radius 3 is 2.43 bits per heavy atom. The van der Waals surface area contributed by atoms with Gasteiger partial charge in [0.2, 0.25) is 0 Å². The van der Waals surface area contributed by atoms with Crippen LogP contribution in [0, 0.1) is 0 Å². The van der Waals surface area contributed by atoms with E-state index in [1.54, 1.807) is 30.3 Å². The molecule has 0 aliphatic rings. The van der Waals surface area contributed by atoms with Crippen LogP contribution in [0.1, 0.15) is 23.6 Å². The monoisotopic (exact) mass is 512 g/mol. The summed E-state index contributed by atoms with van der Waals surface area (Å²) < 4.78 is 43.8. The molecule has 3 aromatic rings. The Labute approximate surface area is 210 Å². The largest absolute Gasteiger partial charge is 0.484 e. The Balaban J connectivity index is 1.50. The summed E-state index contributed by atoms with van der Waals surface area (Å²) in [5.74, 6) is -2.20. The third-order valence-electron chi connectivity index (χ3n) is 4.93. The molecule has 3 amide bonds. The summed E-state index contributed by atoms with van der Waals surface area (Å²) in [7, 11) is 0. The van der Waals surface area contributed by atoms with Gasteiger partial charge in [0.15, 0.2) is 6.61 Å². The molecule has 3 aromatic carbocycles. The number of alkyl halides is 3. The highest BCUT2D eigenvalue weighted by atomic mass is 19.4. The van der Waals surface area contributed by atoms with Crippen molar-refractivity contribution in [2.75, 3.05) is 17.2 Å². The highest BCUT2D eigenvalue weighted by Crippen LogP contribution is 2.30. The van der Waals surface area contributed by atoms with E-state index in [2.05, 4.69) is 21.2 Å². The molecule has 0 saturated carbocycles. The van der Waals surface area contributed by atoms with Gasteiger partial charge in [0.25, 0.3) is 5.91 Å². The van der Waals surface area contributed by atoms with Crippen molar-refractivity contribution in [3.05, 3.63) is 89.5 Å². The molecule has 192 valence electrons. The molecule has 0 radical (unpaired) electrons. The number of aryl methyl sites for hydroxylation is 1. The van der Waals surface area contributed by atoms with E-state index in [9.17, 15) is 27.6 Å². The molecule has 8 nitrogen and oxygen atoms in total. The molecule has 0 atom stereocenters. The van der Waals surface area contributed by atoms with Crippen molar-refractivity contribution in [3.8, 4) is 5.75 Å². The number of benzene rings is 3. The van der Waals surface area contributed by atoms with Gasteiger partial charge in [-0.1, -0.05) is 43.3 Å². The van der Waals surface area contributed by atoms with Crippen LogP contribution in [0.5, 0.6) is 5.75 Å². The Morgan fingerprint density at radius 2 is 1.68 bits per heavy atom. The number of hydrogen-bond acceptors (Lipinski definition) is 5. The number of anilines is 2. The minimum absolute atomic E-state index is 0.0118. The van der Waals surface area contributed by atoms with E-state index in [0.29, 0.717) is 17.7 Å². The molecule has 0 aliphatic carbocycles. The minimum atomic E-state index is -4.52. The van der Waals surface area contributed by atoms with Crippen LogP contribution in [-0.4, -0.2) is 30.5 Å². The van der Waals surface area contributed by atoms with Crippen LogP contribution in [0.15, 0.2) is 77.9 Å². The second kappa shape index (κ2) is 12.3. The van der Waals surface area contributed by atoms with Crippen LogP contribution in [-0.2, 0) is 27.0 Å². The molecule has 37 heavy (non-hydrogen) atoms. The van der Waals surface area contributed by atoms with Gasteiger partial charge in [0, 0.05) is 11.4 Å². The first-order chi connectivity index (χ1) is 17.7. The number of halogens is 3. The predicted octanol–water partition coefficient (Wildman–Crippen LogP) is 4.37. The number of amides is 3. The standard InChI is InChI=1S/C26H23F3N4O4/c1-2-18-8-3-4-12-22(18)32-24(35)25(36)33-30-15-17-7-5-11-21(13-17)37-16-23(34)31-20-10-6-9-19(14-20)26(27,28)29/h3-15H,2,16H2,1H3,(H,31,34)(H,32,35)(H,33,36)/b30-15-. The molecular weight excluding hydrogens is 489 g/mol. The van der Waals surface area contributed by atoms with Gasteiger partial charge in [0.05, 0.1) is 11.8 Å². The van der Waals surface area contributed by atoms with E-state index in [-0.39, 0.29) is 11.4 Å². The second-order valence-electron chi connectivity index (χ2n) is 7.65. The van der Waals surface area contributed by atoms with Gasteiger partial charge < -0.3 is 15.4 Å². The lowest BCUT2D eigenvalue weighted by Crippen LogP contribution is -2.32. The topological polar surface area (TPSA) is 109 Å². The number of nitrogens with zero attached hydrogens (tertiary/aromatic N) is 1. The zero-order valence-electron chi connectivity index (χ0n) is 19.6. The van der Waals surface area contributed by atoms with Gasteiger partial charge in [-0.2, -0.15) is 18.3 Å². The van der Waals surface area contributed by atoms with E-state index in [0.717, 1.165) is 17.7 Å². The van der Waals surface area contributed by atoms with Crippen LogP contribution in [0.4, 0.5) is 24.5 Å². The van der Waals surface area contributed by atoms with Crippen molar-refractivity contribution >= 4 is 35.3 Å². The predicted molar refractivity (Wildman–Crippen MR) is 132 cm³/mol. The second-order valence-corrected chi connectivity index (χ2v) is 7.65. The fourth-order valence-electron chi connectivity index (χ4n) is 3.15. The SMILES string of the molecule is CCc1ccccc1NC(=O)C(=O)N/N=C\c1cccc(OCC(=O)Nc2cccc(C(F)(F)F)c2)c1. The zero-order valence-corrected chi connectivity index (χ0v) is 19.6. The molecule has 3 rings (SSSR count). The number of ether oxygens (including phenoxy) is 1. The molecule has 0 aromatic heterocycles. The van der Waals surface area contributed by atoms with Gasteiger partial charge in [-0.25, -0.2) is 5.43 Å². The van der Waals surface area contributed by atoms with E-state index >= 15 is 0 Å². The number of carbonyl (C=O) groups excluding carboxylic acids is 3. The highest BCUT2D eigenvalue weighted by Gasteiger charge is 2.30. The number of hydrazone groups is 1. The molecule has 0 bridgehead atoms. The maximum absolute atomic E-state index is 12.8. The summed E-state index contributed by atoms with van der Waals surface area (Å²) >= 11 is 0. The molecule has 0 saturated heterocycles. The van der Waals surface area contributed by atoms with E-state index in [4.69, 9.17) is 4.74 Å². The van der Waals surface area contributed by atoms with Crippen molar-refractivity contribution in [1.29, 1.82) is 0 Å². The van der Waals surface area contributed by atoms with Gasteiger partial charge in [-0.3, -0.25) is 14.4 Å². The summed E-state index contributed by atoms with van der Waals surface area (Å²) in [5.41, 5.74) is 3.15. The summed E-state index contributed by atoms with van der Waals surface area (Å²) in [4.78, 5) is 36.2. The number of nitrogens with one attached hydrogen (secondary N) is 3. The van der Waals surface area contributed by atoms with Crippen LogP contribution in [0.25, 0.3) is 0 Å². The van der Waals surface area contributed by atoms with Gasteiger partial charge in [-0.15, -0.1) is 0 Å². The average molecular weight is 512 g/mol. The van der Waals surface area contributed by atoms with Gasteiger partial charge >= 0.3 is 18.0 Å². The van der Waals surface area contributed by atoms with Crippen LogP contribution < -0.4 is 20.8 Å². The van der Waals surface area contributed by atoms with E-state index < -0.39 is 36.1 Å². The first kappa shape index (κ1) is 26.9.